The Morgan fingerprint density at radius 3 is 1.57 bits per heavy atom. The molecule has 8 aliphatic carbocycles. The molecule has 4 nitrogen and oxygen atoms in total. The van der Waals surface area contributed by atoms with E-state index in [1.165, 1.54) is 6.42 Å². The van der Waals surface area contributed by atoms with Crippen LogP contribution in [0.5, 0.6) is 0 Å². The van der Waals surface area contributed by atoms with Crippen LogP contribution in [0.2, 0.25) is 0 Å². The third kappa shape index (κ3) is 7.85. The molecule has 8 bridgehead atoms. The largest absolute Gasteiger partial charge is 0.698 e. The van der Waals surface area contributed by atoms with Crippen molar-refractivity contribution in [1.29, 1.82) is 0 Å². The Morgan fingerprint density at radius 1 is 0.795 bits per heavy atom. The van der Waals surface area contributed by atoms with Gasteiger partial charge in [0.15, 0.2) is 0 Å². The van der Waals surface area contributed by atoms with Crippen LogP contribution in [0.25, 0.3) is 16.9 Å². The van der Waals surface area contributed by atoms with Crippen molar-refractivity contribution in [1.82, 2.24) is 0 Å². The average Bonchev–Trinajstić information content (AvgIpc) is 2.92. The van der Waals surface area contributed by atoms with Crippen molar-refractivity contribution in [2.24, 2.45) is 35.5 Å². The molecule has 2 aromatic carbocycles. The number of hydrogen-bond donors (Lipinski definition) is 1. The summed E-state index contributed by atoms with van der Waals surface area (Å²) >= 11 is 0. The van der Waals surface area contributed by atoms with Crippen molar-refractivity contribution in [2.45, 2.75) is 107 Å². The minimum absolute atomic E-state index is 0. The minimum Gasteiger partial charge on any atom is -0.698 e. The van der Waals surface area contributed by atoms with Crippen LogP contribution in [0.4, 0.5) is 5.69 Å². The van der Waals surface area contributed by atoms with Crippen LogP contribution in [-0.2, 0) is 30.5 Å². The number of benzene rings is 2. The third-order valence-electron chi connectivity index (χ3n) is 11.8. The van der Waals surface area contributed by atoms with Crippen molar-refractivity contribution >= 4 is 23.7 Å². The van der Waals surface area contributed by atoms with Crippen LogP contribution >= 0.6 is 7.92 Å². The SMILES string of the molecule is CCCCP(C12CC3CC(CC(C3)C1)C2)C12CC3CC(CC(C3)C1)C2.CS(=O)(=O)O.[NH-]c1ccccc1-c1[c]cccc1.[Pd]. The maximum atomic E-state index is 9.19. The van der Waals surface area contributed by atoms with E-state index < -0.39 is 10.1 Å². The summed E-state index contributed by atoms with van der Waals surface area (Å²) in [7, 11) is -3.38. The predicted molar refractivity (Wildman–Crippen MR) is 181 cm³/mol. The van der Waals surface area contributed by atoms with Gasteiger partial charge in [-0.05, 0) is 153 Å². The number of rotatable bonds is 6. The molecule has 10 rings (SSSR count). The molecule has 0 spiro atoms. The molecule has 7 heteroatoms. The zero-order valence-electron chi connectivity index (χ0n) is 26.6. The monoisotopic (exact) mass is 727 g/mol. The van der Waals surface area contributed by atoms with Gasteiger partial charge in [0.2, 0.25) is 0 Å². The quantitative estimate of drug-likeness (QED) is 0.183. The van der Waals surface area contributed by atoms with E-state index in [1.54, 1.807) is 95.7 Å². The van der Waals surface area contributed by atoms with Crippen molar-refractivity contribution in [2.75, 3.05) is 12.4 Å². The molecule has 8 aliphatic rings. The summed E-state index contributed by atoms with van der Waals surface area (Å²) in [4.78, 5) is 0. The van der Waals surface area contributed by atoms with Crippen molar-refractivity contribution in [3.8, 4) is 11.1 Å². The number of nitrogens with one attached hydrogen (secondary N) is 1. The Balaban J connectivity index is 0.000000171. The van der Waals surface area contributed by atoms with Gasteiger partial charge in [-0.15, -0.1) is 5.69 Å². The Hall–Kier alpha value is -0.758. The first-order valence-electron chi connectivity index (χ1n) is 17.0. The zero-order chi connectivity index (χ0) is 30.2. The molecule has 0 saturated heterocycles. The van der Waals surface area contributed by atoms with Crippen LogP contribution in [0, 0.1) is 41.6 Å². The smallest absolute Gasteiger partial charge is 0.261 e. The zero-order valence-corrected chi connectivity index (χ0v) is 29.9. The molecular formula is C37H52NO3PPdS-. The summed E-state index contributed by atoms with van der Waals surface area (Å²) in [6.07, 6.45) is 25.3. The van der Waals surface area contributed by atoms with Gasteiger partial charge < -0.3 is 5.73 Å². The Kier molecular flexibility index (Phi) is 11.1. The van der Waals surface area contributed by atoms with Gasteiger partial charge in [-0.1, -0.05) is 69.8 Å². The van der Waals surface area contributed by atoms with E-state index in [-0.39, 0.29) is 28.3 Å². The molecule has 0 unspecified atom stereocenters. The molecule has 8 fully saturated rings. The average molecular weight is 728 g/mol. The summed E-state index contributed by atoms with van der Waals surface area (Å²) in [6, 6.07) is 18.4. The van der Waals surface area contributed by atoms with Crippen molar-refractivity contribution < 1.29 is 33.4 Å². The van der Waals surface area contributed by atoms with E-state index in [4.69, 9.17) is 10.3 Å². The molecule has 0 aliphatic heterocycles. The second-order valence-electron chi connectivity index (χ2n) is 15.3. The van der Waals surface area contributed by atoms with Gasteiger partial charge in [0, 0.05) is 20.4 Å². The van der Waals surface area contributed by atoms with Gasteiger partial charge in [0.05, 0.1) is 6.26 Å². The van der Waals surface area contributed by atoms with Crippen LogP contribution in [0.3, 0.4) is 0 Å². The molecule has 0 aromatic heterocycles. The molecule has 0 atom stereocenters. The second kappa shape index (κ2) is 14.2. The Morgan fingerprint density at radius 2 is 1.20 bits per heavy atom. The molecule has 2 aromatic rings. The standard InChI is InChI=1S/C24H39P.C12H9N.CH4O3S.Pd/c1-2-3-4-25(23-11-17-5-18(12-23)7-19(6-17)13-23)24-14-20-8-21(15-24)10-22(9-20)16-24;13-12-9-5-4-8-11(12)10-6-2-1-3-7-10;1-5(2,3)4;/h17-22H,2-16H2,1H3;1-6,8-9,13H;1H3,(H,2,3,4);/q;-1;;. The van der Waals surface area contributed by atoms with E-state index in [2.05, 4.69) is 13.0 Å². The van der Waals surface area contributed by atoms with Crippen LogP contribution in [0.15, 0.2) is 48.5 Å². The van der Waals surface area contributed by atoms with Crippen LogP contribution in [-0.4, -0.2) is 35.7 Å². The van der Waals surface area contributed by atoms with Gasteiger partial charge in [0.1, 0.15) is 0 Å². The molecule has 0 amide bonds. The molecule has 44 heavy (non-hydrogen) atoms. The topological polar surface area (TPSA) is 78.2 Å². The molecule has 2 N–H and O–H groups in total. The van der Waals surface area contributed by atoms with Gasteiger partial charge in [-0.3, -0.25) is 4.55 Å². The fraction of sp³-hybridized carbons (Fsp3) is 0.676. The van der Waals surface area contributed by atoms with E-state index in [9.17, 15) is 8.42 Å². The summed E-state index contributed by atoms with van der Waals surface area (Å²) in [5, 5.41) is 1.76. The second-order valence-corrected chi connectivity index (χ2v) is 20.0. The predicted octanol–water partition coefficient (Wildman–Crippen LogP) is 10.5. The van der Waals surface area contributed by atoms with Crippen LogP contribution < -0.4 is 0 Å². The van der Waals surface area contributed by atoms with Gasteiger partial charge in [-0.2, -0.15) is 8.42 Å². The van der Waals surface area contributed by atoms with E-state index >= 15 is 0 Å². The molecule has 0 heterocycles. The first-order valence-corrected chi connectivity index (χ1v) is 20.4. The van der Waals surface area contributed by atoms with Crippen molar-refractivity contribution in [3.05, 3.63) is 60.3 Å². The maximum absolute atomic E-state index is 9.19. The molecule has 245 valence electrons. The van der Waals surface area contributed by atoms with E-state index in [1.807, 2.05) is 42.5 Å². The van der Waals surface area contributed by atoms with E-state index in [0.29, 0.717) is 11.9 Å². The maximum Gasteiger partial charge on any atom is 0.261 e. The summed E-state index contributed by atoms with van der Waals surface area (Å²) < 4.78 is 25.9. The van der Waals surface area contributed by atoms with E-state index in [0.717, 1.165) is 56.9 Å². The third-order valence-corrected chi connectivity index (χ3v) is 16.0. The summed E-state index contributed by atoms with van der Waals surface area (Å²) in [5.41, 5.74) is 10.1. The summed E-state index contributed by atoms with van der Waals surface area (Å²) in [6.45, 7) is 2.45. The Labute approximate surface area is 282 Å². The van der Waals surface area contributed by atoms with Gasteiger partial charge in [0.25, 0.3) is 10.1 Å². The molecule has 1 radical (unpaired) electrons. The fourth-order valence-corrected chi connectivity index (χ4v) is 16.8. The fourth-order valence-electron chi connectivity index (χ4n) is 11.4. The normalized spacial score (nSPS) is 36.3. The van der Waals surface area contributed by atoms with Gasteiger partial charge >= 0.3 is 0 Å². The van der Waals surface area contributed by atoms with Crippen LogP contribution in [0.1, 0.15) is 96.8 Å². The van der Waals surface area contributed by atoms with Gasteiger partial charge in [-0.25, -0.2) is 0 Å². The minimum atomic E-state index is -3.67. The molecule has 8 saturated carbocycles. The summed E-state index contributed by atoms with van der Waals surface area (Å²) in [5.74, 6) is 6.95. The Bertz CT molecular complexity index is 1230. The first-order chi connectivity index (χ1) is 20.5. The van der Waals surface area contributed by atoms with Crippen molar-refractivity contribution in [3.63, 3.8) is 0 Å². The first kappa shape index (κ1) is 34.6. The number of hydrogen-bond acceptors (Lipinski definition) is 2. The molecular weight excluding hydrogens is 676 g/mol. The number of unbranched alkanes of at least 4 members (excludes halogenated alkanes) is 1.